The number of rotatable bonds is 4. The molecule has 25 heavy (non-hydrogen) atoms. The van der Waals surface area contributed by atoms with Gasteiger partial charge < -0.3 is 9.42 Å². The lowest BCUT2D eigenvalue weighted by molar-refractivity contribution is -0.133. The van der Waals surface area contributed by atoms with Gasteiger partial charge in [-0.3, -0.25) is 9.78 Å². The van der Waals surface area contributed by atoms with E-state index in [2.05, 4.69) is 15.1 Å². The maximum absolute atomic E-state index is 12.5. The van der Waals surface area contributed by atoms with Crippen molar-refractivity contribution in [2.24, 2.45) is 5.92 Å². The summed E-state index contributed by atoms with van der Waals surface area (Å²) in [6.45, 7) is 1.59. The molecule has 0 atom stereocenters. The first-order valence-electron chi connectivity index (χ1n) is 9.32. The Labute approximate surface area is 147 Å². The van der Waals surface area contributed by atoms with E-state index >= 15 is 0 Å². The van der Waals surface area contributed by atoms with Crippen LogP contribution in [0.3, 0.4) is 0 Å². The molecule has 2 aliphatic rings. The van der Waals surface area contributed by atoms with Gasteiger partial charge in [0.1, 0.15) is 5.69 Å². The highest BCUT2D eigenvalue weighted by Crippen LogP contribution is 2.31. The molecule has 1 amide bonds. The number of hydrogen-bond donors (Lipinski definition) is 0. The first-order valence-corrected chi connectivity index (χ1v) is 9.32. The van der Waals surface area contributed by atoms with E-state index in [1.165, 1.54) is 25.7 Å². The molecule has 0 radical (unpaired) electrons. The van der Waals surface area contributed by atoms with Gasteiger partial charge in [-0.1, -0.05) is 24.1 Å². The molecule has 0 aromatic carbocycles. The van der Waals surface area contributed by atoms with Crippen LogP contribution in [0.1, 0.15) is 56.7 Å². The Morgan fingerprint density at radius 3 is 2.68 bits per heavy atom. The SMILES string of the molecule is O=C(CC1CCCC1)N1CCC(c2noc(-c3ccccn3)n2)CC1. The lowest BCUT2D eigenvalue weighted by atomic mass is 9.95. The van der Waals surface area contributed by atoms with E-state index in [4.69, 9.17) is 4.52 Å². The summed E-state index contributed by atoms with van der Waals surface area (Å²) in [5.74, 6) is 2.41. The van der Waals surface area contributed by atoms with Crippen LogP contribution in [0, 0.1) is 5.92 Å². The highest BCUT2D eigenvalue weighted by atomic mass is 16.5. The van der Waals surface area contributed by atoms with Gasteiger partial charge in [0.05, 0.1) is 0 Å². The van der Waals surface area contributed by atoms with E-state index in [0.29, 0.717) is 23.4 Å². The van der Waals surface area contributed by atoms with Crippen molar-refractivity contribution in [1.29, 1.82) is 0 Å². The maximum Gasteiger partial charge on any atom is 0.276 e. The standard InChI is InChI=1S/C19H24N4O2/c24-17(13-14-5-1-2-6-14)23-11-8-15(9-12-23)18-21-19(25-22-18)16-7-3-4-10-20-16/h3-4,7,10,14-15H,1-2,5-6,8-9,11-13H2. The number of amides is 1. The molecule has 4 rings (SSSR count). The van der Waals surface area contributed by atoms with Gasteiger partial charge in [-0.25, -0.2) is 0 Å². The predicted octanol–water partition coefficient (Wildman–Crippen LogP) is 3.42. The van der Waals surface area contributed by atoms with Crippen molar-refractivity contribution in [3.8, 4) is 11.6 Å². The Hall–Kier alpha value is -2.24. The lowest BCUT2D eigenvalue weighted by Gasteiger charge is -2.31. The van der Waals surface area contributed by atoms with Gasteiger partial charge in [0.15, 0.2) is 5.82 Å². The number of hydrogen-bond acceptors (Lipinski definition) is 5. The zero-order valence-electron chi connectivity index (χ0n) is 14.4. The molecular weight excluding hydrogens is 316 g/mol. The zero-order chi connectivity index (χ0) is 17.1. The molecule has 0 bridgehead atoms. The van der Waals surface area contributed by atoms with Crippen molar-refractivity contribution in [2.45, 2.75) is 50.9 Å². The van der Waals surface area contributed by atoms with Crippen LogP contribution in [-0.2, 0) is 4.79 Å². The first kappa shape index (κ1) is 16.2. The number of nitrogens with zero attached hydrogens (tertiary/aromatic N) is 4. The van der Waals surface area contributed by atoms with Crippen LogP contribution < -0.4 is 0 Å². The molecule has 1 saturated carbocycles. The number of piperidine rings is 1. The minimum Gasteiger partial charge on any atom is -0.343 e. The van der Waals surface area contributed by atoms with Gasteiger partial charge in [0.25, 0.3) is 5.89 Å². The minimum atomic E-state index is 0.261. The van der Waals surface area contributed by atoms with Crippen LogP contribution in [0.2, 0.25) is 0 Å². The summed E-state index contributed by atoms with van der Waals surface area (Å²) in [4.78, 5) is 23.2. The van der Waals surface area contributed by atoms with Crippen LogP contribution in [0.4, 0.5) is 0 Å². The molecule has 132 valence electrons. The molecule has 0 unspecified atom stereocenters. The number of carbonyl (C=O) groups excluding carboxylic acids is 1. The Balaban J connectivity index is 1.33. The summed E-state index contributed by atoms with van der Waals surface area (Å²) in [6.07, 6.45) is 9.27. The van der Waals surface area contributed by atoms with E-state index in [-0.39, 0.29) is 5.92 Å². The topological polar surface area (TPSA) is 72.1 Å². The second-order valence-electron chi connectivity index (χ2n) is 7.18. The van der Waals surface area contributed by atoms with Crippen LogP contribution in [0.25, 0.3) is 11.6 Å². The smallest absolute Gasteiger partial charge is 0.276 e. The van der Waals surface area contributed by atoms with Gasteiger partial charge in [0.2, 0.25) is 5.91 Å². The van der Waals surface area contributed by atoms with Gasteiger partial charge in [-0.15, -0.1) is 0 Å². The first-order chi connectivity index (χ1) is 12.3. The molecule has 6 nitrogen and oxygen atoms in total. The van der Waals surface area contributed by atoms with Gasteiger partial charge >= 0.3 is 0 Å². The van der Waals surface area contributed by atoms with E-state index in [1.54, 1.807) is 6.20 Å². The summed E-state index contributed by atoms with van der Waals surface area (Å²) in [6, 6.07) is 5.63. The fourth-order valence-electron chi connectivity index (χ4n) is 3.97. The minimum absolute atomic E-state index is 0.261. The zero-order valence-corrected chi connectivity index (χ0v) is 14.4. The summed E-state index contributed by atoms with van der Waals surface area (Å²) >= 11 is 0. The van der Waals surface area contributed by atoms with E-state index in [0.717, 1.165) is 38.2 Å². The third-order valence-corrected chi connectivity index (χ3v) is 5.48. The average molecular weight is 340 g/mol. The fraction of sp³-hybridized carbons (Fsp3) is 0.579. The highest BCUT2D eigenvalue weighted by Gasteiger charge is 2.28. The summed E-state index contributed by atoms with van der Waals surface area (Å²) < 4.78 is 5.36. The highest BCUT2D eigenvalue weighted by molar-refractivity contribution is 5.76. The van der Waals surface area contributed by atoms with E-state index in [1.807, 2.05) is 23.1 Å². The van der Waals surface area contributed by atoms with Crippen LogP contribution >= 0.6 is 0 Å². The average Bonchev–Trinajstić information content (AvgIpc) is 3.34. The maximum atomic E-state index is 12.5. The summed E-state index contributed by atoms with van der Waals surface area (Å²) in [5.41, 5.74) is 0.699. The van der Waals surface area contributed by atoms with Gasteiger partial charge in [0, 0.05) is 31.6 Å². The van der Waals surface area contributed by atoms with Crippen LogP contribution in [-0.4, -0.2) is 39.0 Å². The monoisotopic (exact) mass is 340 g/mol. The molecule has 2 aromatic heterocycles. The Morgan fingerprint density at radius 1 is 1.16 bits per heavy atom. The van der Waals surface area contributed by atoms with E-state index < -0.39 is 0 Å². The second-order valence-corrected chi connectivity index (χ2v) is 7.18. The van der Waals surface area contributed by atoms with Crippen molar-refractivity contribution in [2.75, 3.05) is 13.1 Å². The number of likely N-dealkylation sites (tertiary alicyclic amines) is 1. The van der Waals surface area contributed by atoms with Gasteiger partial charge in [-0.2, -0.15) is 4.98 Å². The molecule has 0 N–H and O–H groups in total. The third-order valence-electron chi connectivity index (χ3n) is 5.48. The molecule has 2 aromatic rings. The van der Waals surface area contributed by atoms with Crippen molar-refractivity contribution in [1.82, 2.24) is 20.0 Å². The Morgan fingerprint density at radius 2 is 1.96 bits per heavy atom. The second kappa shape index (κ2) is 7.33. The number of carbonyl (C=O) groups is 1. The lowest BCUT2D eigenvalue weighted by Crippen LogP contribution is -2.38. The normalized spacial score (nSPS) is 19.4. The summed E-state index contributed by atoms with van der Waals surface area (Å²) in [5, 5.41) is 4.14. The number of pyridine rings is 1. The van der Waals surface area contributed by atoms with Crippen molar-refractivity contribution < 1.29 is 9.32 Å². The molecule has 1 saturated heterocycles. The molecule has 1 aliphatic carbocycles. The van der Waals surface area contributed by atoms with Crippen LogP contribution in [0.5, 0.6) is 0 Å². The summed E-state index contributed by atoms with van der Waals surface area (Å²) in [7, 11) is 0. The molecule has 6 heteroatoms. The largest absolute Gasteiger partial charge is 0.343 e. The molecule has 1 aliphatic heterocycles. The third kappa shape index (κ3) is 3.72. The Kier molecular flexibility index (Phi) is 4.76. The van der Waals surface area contributed by atoms with Crippen molar-refractivity contribution >= 4 is 5.91 Å². The fourth-order valence-corrected chi connectivity index (χ4v) is 3.97. The van der Waals surface area contributed by atoms with Gasteiger partial charge in [-0.05, 0) is 43.7 Å². The quantitative estimate of drug-likeness (QED) is 0.853. The van der Waals surface area contributed by atoms with Crippen LogP contribution in [0.15, 0.2) is 28.9 Å². The van der Waals surface area contributed by atoms with E-state index in [9.17, 15) is 4.79 Å². The van der Waals surface area contributed by atoms with Crippen molar-refractivity contribution in [3.05, 3.63) is 30.2 Å². The Bertz CT molecular complexity index is 701. The van der Waals surface area contributed by atoms with Crippen molar-refractivity contribution in [3.63, 3.8) is 0 Å². The molecule has 3 heterocycles. The number of aromatic nitrogens is 3. The molecule has 0 spiro atoms. The molecule has 2 fully saturated rings. The molecular formula is C19H24N4O2. The predicted molar refractivity (Wildman–Crippen MR) is 92.7 cm³/mol.